The zero-order valence-electron chi connectivity index (χ0n) is 13.3. The van der Waals surface area contributed by atoms with Crippen LogP contribution in [0.4, 0.5) is 17.5 Å². The van der Waals surface area contributed by atoms with E-state index in [1.54, 1.807) is 0 Å². The Bertz CT molecular complexity index is 581. The Labute approximate surface area is 127 Å². The van der Waals surface area contributed by atoms with Crippen molar-refractivity contribution in [2.75, 3.05) is 23.3 Å². The standard InChI is InChI=1S/C17H24N4/c1-5-21(15-8-6-7-14(4)11-15)17-18-10-9-16(20-17)19-12-13(2)3/h6-11,13H,5,12H2,1-4H3,(H,18,19,20). The second-order valence-electron chi connectivity index (χ2n) is 5.60. The quantitative estimate of drug-likeness (QED) is 0.870. The number of aryl methyl sites for hydroxylation is 1. The van der Waals surface area contributed by atoms with Gasteiger partial charge in [-0.25, -0.2) is 4.98 Å². The van der Waals surface area contributed by atoms with Gasteiger partial charge in [0.05, 0.1) is 0 Å². The summed E-state index contributed by atoms with van der Waals surface area (Å²) in [4.78, 5) is 11.2. The van der Waals surface area contributed by atoms with Gasteiger partial charge in [0, 0.05) is 25.0 Å². The van der Waals surface area contributed by atoms with Crippen molar-refractivity contribution in [3.8, 4) is 0 Å². The number of nitrogens with zero attached hydrogens (tertiary/aromatic N) is 3. The van der Waals surface area contributed by atoms with E-state index in [1.165, 1.54) is 5.56 Å². The second kappa shape index (κ2) is 7.07. The van der Waals surface area contributed by atoms with E-state index in [9.17, 15) is 0 Å². The minimum atomic E-state index is 0.586. The number of benzene rings is 1. The number of rotatable bonds is 6. The van der Waals surface area contributed by atoms with Gasteiger partial charge in [0.2, 0.25) is 5.95 Å². The molecule has 1 aromatic carbocycles. The Morgan fingerprint density at radius 3 is 2.71 bits per heavy atom. The smallest absolute Gasteiger partial charge is 0.231 e. The lowest BCUT2D eigenvalue weighted by Crippen LogP contribution is -2.19. The molecule has 1 N–H and O–H groups in total. The van der Waals surface area contributed by atoms with Gasteiger partial charge in [-0.05, 0) is 43.5 Å². The molecule has 0 fully saturated rings. The third-order valence-corrected chi connectivity index (χ3v) is 3.21. The fourth-order valence-electron chi connectivity index (χ4n) is 2.12. The number of anilines is 3. The fourth-order valence-corrected chi connectivity index (χ4v) is 2.12. The minimum absolute atomic E-state index is 0.586. The molecular weight excluding hydrogens is 260 g/mol. The van der Waals surface area contributed by atoms with Crippen molar-refractivity contribution >= 4 is 17.5 Å². The van der Waals surface area contributed by atoms with Crippen molar-refractivity contribution < 1.29 is 0 Å². The van der Waals surface area contributed by atoms with Crippen LogP contribution in [0.25, 0.3) is 0 Å². The van der Waals surface area contributed by atoms with E-state index < -0.39 is 0 Å². The summed E-state index contributed by atoms with van der Waals surface area (Å²) in [5.41, 5.74) is 2.36. The Morgan fingerprint density at radius 2 is 2.05 bits per heavy atom. The second-order valence-corrected chi connectivity index (χ2v) is 5.60. The van der Waals surface area contributed by atoms with Crippen LogP contribution in [-0.4, -0.2) is 23.1 Å². The van der Waals surface area contributed by atoms with Crippen molar-refractivity contribution in [3.63, 3.8) is 0 Å². The summed E-state index contributed by atoms with van der Waals surface area (Å²) in [7, 11) is 0. The summed E-state index contributed by atoms with van der Waals surface area (Å²) in [6, 6.07) is 10.3. The highest BCUT2D eigenvalue weighted by atomic mass is 15.3. The average molecular weight is 284 g/mol. The van der Waals surface area contributed by atoms with Crippen molar-refractivity contribution in [2.45, 2.75) is 27.7 Å². The van der Waals surface area contributed by atoms with E-state index in [1.807, 2.05) is 12.3 Å². The maximum absolute atomic E-state index is 4.63. The number of nitrogens with one attached hydrogen (secondary N) is 1. The van der Waals surface area contributed by atoms with Crippen LogP contribution in [0.3, 0.4) is 0 Å². The molecule has 1 aromatic heterocycles. The third kappa shape index (κ3) is 4.18. The monoisotopic (exact) mass is 284 g/mol. The first-order valence-electron chi connectivity index (χ1n) is 7.51. The van der Waals surface area contributed by atoms with Crippen LogP contribution in [0.2, 0.25) is 0 Å². The van der Waals surface area contributed by atoms with Crippen LogP contribution < -0.4 is 10.2 Å². The Balaban J connectivity index is 2.24. The lowest BCUT2D eigenvalue weighted by molar-refractivity contribution is 0.686. The van der Waals surface area contributed by atoms with E-state index in [4.69, 9.17) is 0 Å². The first-order valence-corrected chi connectivity index (χ1v) is 7.51. The van der Waals surface area contributed by atoms with Crippen LogP contribution in [0.15, 0.2) is 36.5 Å². The lowest BCUT2D eigenvalue weighted by atomic mass is 10.2. The molecule has 0 aliphatic rings. The van der Waals surface area contributed by atoms with E-state index in [2.05, 4.69) is 72.1 Å². The normalized spacial score (nSPS) is 10.7. The first kappa shape index (κ1) is 15.3. The van der Waals surface area contributed by atoms with E-state index in [-0.39, 0.29) is 0 Å². The van der Waals surface area contributed by atoms with Crippen molar-refractivity contribution in [2.24, 2.45) is 5.92 Å². The molecular formula is C17H24N4. The summed E-state index contributed by atoms with van der Waals surface area (Å²) in [6.07, 6.45) is 1.81. The van der Waals surface area contributed by atoms with Crippen molar-refractivity contribution in [1.82, 2.24) is 9.97 Å². The molecule has 0 saturated carbocycles. The topological polar surface area (TPSA) is 41.1 Å². The van der Waals surface area contributed by atoms with Gasteiger partial charge in [-0.15, -0.1) is 0 Å². The van der Waals surface area contributed by atoms with Crippen LogP contribution >= 0.6 is 0 Å². The highest BCUT2D eigenvalue weighted by Crippen LogP contribution is 2.23. The molecule has 0 saturated heterocycles. The number of hydrogen-bond donors (Lipinski definition) is 1. The van der Waals surface area contributed by atoms with Gasteiger partial charge in [-0.3, -0.25) is 0 Å². The first-order chi connectivity index (χ1) is 10.1. The number of hydrogen-bond acceptors (Lipinski definition) is 4. The van der Waals surface area contributed by atoms with E-state index in [0.717, 1.165) is 30.5 Å². The highest BCUT2D eigenvalue weighted by Gasteiger charge is 2.11. The van der Waals surface area contributed by atoms with Gasteiger partial charge >= 0.3 is 0 Å². The summed E-state index contributed by atoms with van der Waals surface area (Å²) in [5, 5.41) is 3.35. The predicted molar refractivity (Wildman–Crippen MR) is 89.2 cm³/mol. The molecule has 4 nitrogen and oxygen atoms in total. The molecule has 112 valence electrons. The molecule has 0 radical (unpaired) electrons. The lowest BCUT2D eigenvalue weighted by Gasteiger charge is -2.22. The van der Waals surface area contributed by atoms with Crippen molar-refractivity contribution in [3.05, 3.63) is 42.1 Å². The molecule has 0 bridgehead atoms. The average Bonchev–Trinajstić information content (AvgIpc) is 2.46. The molecule has 2 rings (SSSR count). The summed E-state index contributed by atoms with van der Waals surface area (Å²) in [6.45, 7) is 10.3. The molecule has 21 heavy (non-hydrogen) atoms. The fraction of sp³-hybridized carbons (Fsp3) is 0.412. The predicted octanol–water partition coefficient (Wildman–Crippen LogP) is 4.01. The zero-order valence-corrected chi connectivity index (χ0v) is 13.3. The molecule has 0 spiro atoms. The third-order valence-electron chi connectivity index (χ3n) is 3.21. The van der Waals surface area contributed by atoms with Crippen LogP contribution in [0.1, 0.15) is 26.3 Å². The molecule has 0 unspecified atom stereocenters. The van der Waals surface area contributed by atoms with Gasteiger partial charge in [0.1, 0.15) is 5.82 Å². The Kier molecular flexibility index (Phi) is 5.14. The Morgan fingerprint density at radius 1 is 1.24 bits per heavy atom. The largest absolute Gasteiger partial charge is 0.370 e. The Hall–Kier alpha value is -2.10. The maximum Gasteiger partial charge on any atom is 0.231 e. The molecule has 0 aliphatic carbocycles. The van der Waals surface area contributed by atoms with Crippen LogP contribution in [0, 0.1) is 12.8 Å². The molecule has 1 heterocycles. The summed E-state index contributed by atoms with van der Waals surface area (Å²) < 4.78 is 0. The summed E-state index contributed by atoms with van der Waals surface area (Å²) in [5.74, 6) is 2.19. The van der Waals surface area contributed by atoms with Gasteiger partial charge in [-0.2, -0.15) is 4.98 Å². The van der Waals surface area contributed by atoms with Gasteiger partial charge < -0.3 is 10.2 Å². The van der Waals surface area contributed by atoms with Gasteiger partial charge in [0.15, 0.2) is 0 Å². The number of aromatic nitrogens is 2. The SMILES string of the molecule is CCN(c1cccc(C)c1)c1nccc(NCC(C)C)n1. The molecule has 0 atom stereocenters. The molecule has 0 aliphatic heterocycles. The zero-order chi connectivity index (χ0) is 15.2. The van der Waals surface area contributed by atoms with E-state index >= 15 is 0 Å². The van der Waals surface area contributed by atoms with E-state index in [0.29, 0.717) is 5.92 Å². The summed E-state index contributed by atoms with van der Waals surface area (Å²) >= 11 is 0. The molecule has 2 aromatic rings. The van der Waals surface area contributed by atoms with Gasteiger partial charge in [-0.1, -0.05) is 26.0 Å². The van der Waals surface area contributed by atoms with Gasteiger partial charge in [0.25, 0.3) is 0 Å². The molecule has 0 amide bonds. The van der Waals surface area contributed by atoms with Crippen LogP contribution in [0.5, 0.6) is 0 Å². The molecule has 4 heteroatoms. The van der Waals surface area contributed by atoms with Crippen molar-refractivity contribution in [1.29, 1.82) is 0 Å². The van der Waals surface area contributed by atoms with Crippen LogP contribution in [-0.2, 0) is 0 Å². The highest BCUT2D eigenvalue weighted by molar-refractivity contribution is 5.59. The maximum atomic E-state index is 4.63. The minimum Gasteiger partial charge on any atom is -0.370 e.